The molecule has 0 N–H and O–H groups in total. The van der Waals surface area contributed by atoms with Gasteiger partial charge < -0.3 is 14.2 Å². The average molecular weight is 361 g/mol. The van der Waals surface area contributed by atoms with Gasteiger partial charge in [0.15, 0.2) is 0 Å². The smallest absolute Gasteiger partial charge is 0.415 e. The molecule has 2 aliphatic rings. The number of aromatic nitrogens is 1. The van der Waals surface area contributed by atoms with Crippen LogP contribution in [-0.4, -0.2) is 41.8 Å². The predicted molar refractivity (Wildman–Crippen MR) is 102 cm³/mol. The van der Waals surface area contributed by atoms with Gasteiger partial charge in [0.2, 0.25) is 5.91 Å². The van der Waals surface area contributed by atoms with Crippen molar-refractivity contribution in [2.24, 2.45) is 0 Å². The van der Waals surface area contributed by atoms with Gasteiger partial charge in [-0.15, -0.1) is 0 Å². The minimum atomic E-state index is -0.695. The zero-order valence-electron chi connectivity index (χ0n) is 15.1. The van der Waals surface area contributed by atoms with Gasteiger partial charge in [-0.05, 0) is 23.6 Å². The molecule has 2 aromatic carbocycles. The van der Waals surface area contributed by atoms with E-state index in [-0.39, 0.29) is 12.3 Å². The third-order valence-corrected chi connectivity index (χ3v) is 5.88. The number of hydrogen-bond acceptors (Lipinski definition) is 3. The van der Waals surface area contributed by atoms with Gasteiger partial charge in [-0.2, -0.15) is 0 Å². The Balaban J connectivity index is 1.86. The van der Waals surface area contributed by atoms with Crippen LogP contribution in [0.5, 0.6) is 0 Å². The summed E-state index contributed by atoms with van der Waals surface area (Å²) in [6.07, 6.45) is 1.36. The molecular formula is C21H19N3O3. The molecule has 27 heavy (non-hydrogen) atoms. The molecule has 0 radical (unpaired) electrons. The summed E-state index contributed by atoms with van der Waals surface area (Å²) in [4.78, 5) is 28.8. The van der Waals surface area contributed by atoms with E-state index >= 15 is 0 Å². The van der Waals surface area contributed by atoms with Gasteiger partial charge in [0.1, 0.15) is 11.7 Å². The predicted octanol–water partition coefficient (Wildman–Crippen LogP) is 3.16. The molecule has 3 heterocycles. The second kappa shape index (κ2) is 5.36. The van der Waals surface area contributed by atoms with Crippen LogP contribution in [0.1, 0.15) is 12.0 Å². The topological polar surface area (TPSA) is 54.8 Å². The van der Waals surface area contributed by atoms with E-state index in [2.05, 4.69) is 10.6 Å². The van der Waals surface area contributed by atoms with Gasteiger partial charge >= 0.3 is 6.09 Å². The molecule has 1 fully saturated rings. The molecule has 5 rings (SSSR count). The Labute approximate surface area is 156 Å². The number of nitrogens with zero attached hydrogens (tertiary/aromatic N) is 3. The number of anilines is 1. The molecular weight excluding hydrogens is 342 g/mol. The number of methoxy groups -OCH3 is 1. The Kier molecular flexibility index (Phi) is 3.16. The minimum Gasteiger partial charge on any atom is -0.452 e. The Hall–Kier alpha value is -3.28. The van der Waals surface area contributed by atoms with Gasteiger partial charge in [0, 0.05) is 24.3 Å². The van der Waals surface area contributed by atoms with Gasteiger partial charge in [0.25, 0.3) is 0 Å². The highest BCUT2D eigenvalue weighted by molar-refractivity contribution is 5.97. The molecule has 1 saturated heterocycles. The van der Waals surface area contributed by atoms with E-state index < -0.39 is 17.8 Å². The maximum Gasteiger partial charge on any atom is 0.415 e. The van der Waals surface area contributed by atoms with Gasteiger partial charge in [-0.3, -0.25) is 9.69 Å². The SMILES string of the molecule is COC(=O)N1c2ccccc2[C@@]2(n3ccc4ccccc43)CC(=O)N(C)[C@@H]12. The molecule has 0 spiro atoms. The third-order valence-electron chi connectivity index (χ3n) is 5.88. The van der Waals surface area contributed by atoms with Gasteiger partial charge in [-0.1, -0.05) is 36.4 Å². The summed E-state index contributed by atoms with van der Waals surface area (Å²) >= 11 is 0. The Bertz CT molecular complexity index is 1090. The molecule has 0 aliphatic carbocycles. The van der Waals surface area contributed by atoms with Crippen LogP contribution in [0.2, 0.25) is 0 Å². The van der Waals surface area contributed by atoms with E-state index in [1.165, 1.54) is 7.11 Å². The van der Waals surface area contributed by atoms with Crippen molar-refractivity contribution in [2.75, 3.05) is 19.1 Å². The fourth-order valence-corrected chi connectivity index (χ4v) is 4.77. The van der Waals surface area contributed by atoms with Crippen molar-refractivity contribution in [2.45, 2.75) is 18.1 Å². The zero-order valence-corrected chi connectivity index (χ0v) is 15.1. The minimum absolute atomic E-state index is 0.00110. The number of fused-ring (bicyclic) bond motifs is 4. The van der Waals surface area contributed by atoms with E-state index in [4.69, 9.17) is 4.74 Å². The van der Waals surface area contributed by atoms with E-state index in [9.17, 15) is 9.59 Å². The van der Waals surface area contributed by atoms with Crippen molar-refractivity contribution in [1.82, 2.24) is 9.47 Å². The number of carbonyl (C=O) groups is 2. The molecule has 0 unspecified atom stereocenters. The highest BCUT2D eigenvalue weighted by atomic mass is 16.5. The van der Waals surface area contributed by atoms with Crippen molar-refractivity contribution < 1.29 is 14.3 Å². The lowest BCUT2D eigenvalue weighted by atomic mass is 9.88. The van der Waals surface area contributed by atoms with E-state index in [1.807, 2.05) is 54.7 Å². The number of ether oxygens (including phenoxy) is 1. The molecule has 2 amide bonds. The quantitative estimate of drug-likeness (QED) is 0.669. The molecule has 2 aliphatic heterocycles. The molecule has 136 valence electrons. The van der Waals surface area contributed by atoms with Crippen LogP contribution in [0, 0.1) is 0 Å². The largest absolute Gasteiger partial charge is 0.452 e. The number of likely N-dealkylation sites (N-methyl/N-ethyl adjacent to an activating group) is 1. The lowest BCUT2D eigenvalue weighted by Gasteiger charge is -2.36. The van der Waals surface area contributed by atoms with Crippen molar-refractivity contribution in [3.05, 3.63) is 66.4 Å². The number of benzene rings is 2. The fourth-order valence-electron chi connectivity index (χ4n) is 4.77. The molecule has 6 nitrogen and oxygen atoms in total. The van der Waals surface area contributed by atoms with Crippen LogP contribution >= 0.6 is 0 Å². The monoisotopic (exact) mass is 361 g/mol. The van der Waals surface area contributed by atoms with Crippen molar-refractivity contribution >= 4 is 28.6 Å². The number of para-hydroxylation sites is 2. The van der Waals surface area contributed by atoms with E-state index in [1.54, 1.807) is 16.8 Å². The standard InChI is InChI=1S/C21H19N3O3/c1-22-18(25)13-21(23-12-11-14-7-3-5-9-16(14)23)15-8-4-6-10-17(15)24(19(21)22)20(26)27-2/h3-12,19H,13H2,1-2H3/t19-,21-/m0/s1. The molecule has 6 heteroatoms. The van der Waals surface area contributed by atoms with Crippen molar-refractivity contribution in [1.29, 1.82) is 0 Å². The second-order valence-corrected chi connectivity index (χ2v) is 7.08. The number of amides is 2. The summed E-state index contributed by atoms with van der Waals surface area (Å²) in [6.45, 7) is 0. The number of rotatable bonds is 1. The average Bonchev–Trinajstić information content (AvgIpc) is 3.32. The molecule has 3 aromatic rings. The lowest BCUT2D eigenvalue weighted by Crippen LogP contribution is -2.53. The first kappa shape index (κ1) is 15.9. The summed E-state index contributed by atoms with van der Waals surface area (Å²) in [7, 11) is 3.12. The van der Waals surface area contributed by atoms with Crippen LogP contribution < -0.4 is 4.90 Å². The fraction of sp³-hybridized carbons (Fsp3) is 0.238. The first-order valence-electron chi connectivity index (χ1n) is 8.88. The zero-order chi connectivity index (χ0) is 18.8. The number of carbonyl (C=O) groups excluding carboxylic acids is 2. The first-order chi connectivity index (χ1) is 13.1. The third kappa shape index (κ3) is 1.84. The Morgan fingerprint density at radius 1 is 1.11 bits per heavy atom. The highest BCUT2D eigenvalue weighted by Gasteiger charge is 2.62. The molecule has 1 aromatic heterocycles. The van der Waals surface area contributed by atoms with Crippen LogP contribution in [-0.2, 0) is 15.1 Å². The van der Waals surface area contributed by atoms with Crippen molar-refractivity contribution in [3.8, 4) is 0 Å². The highest BCUT2D eigenvalue weighted by Crippen LogP contribution is 2.54. The van der Waals surface area contributed by atoms with Crippen LogP contribution in [0.3, 0.4) is 0 Å². The number of likely N-dealkylation sites (tertiary alicyclic amines) is 1. The summed E-state index contributed by atoms with van der Waals surface area (Å²) < 4.78 is 7.22. The summed E-state index contributed by atoms with van der Waals surface area (Å²) in [6, 6.07) is 17.9. The second-order valence-electron chi connectivity index (χ2n) is 7.08. The van der Waals surface area contributed by atoms with E-state index in [0.29, 0.717) is 0 Å². The maximum absolute atomic E-state index is 12.8. The summed E-state index contributed by atoms with van der Waals surface area (Å²) in [5.41, 5.74) is 2.08. The van der Waals surface area contributed by atoms with Gasteiger partial charge in [-0.25, -0.2) is 4.79 Å². The van der Waals surface area contributed by atoms with Crippen LogP contribution in [0.15, 0.2) is 60.8 Å². The van der Waals surface area contributed by atoms with Crippen LogP contribution in [0.4, 0.5) is 10.5 Å². The Morgan fingerprint density at radius 2 is 1.85 bits per heavy atom. The summed E-state index contributed by atoms with van der Waals surface area (Å²) in [5, 5.41) is 1.10. The number of hydrogen-bond donors (Lipinski definition) is 0. The molecule has 0 saturated carbocycles. The van der Waals surface area contributed by atoms with Crippen molar-refractivity contribution in [3.63, 3.8) is 0 Å². The maximum atomic E-state index is 12.8. The normalized spacial score (nSPS) is 23.6. The molecule has 2 atom stereocenters. The Morgan fingerprint density at radius 3 is 2.67 bits per heavy atom. The first-order valence-corrected chi connectivity index (χ1v) is 8.88. The summed E-state index contributed by atoms with van der Waals surface area (Å²) in [5.74, 6) is 0.00110. The van der Waals surface area contributed by atoms with Gasteiger partial charge in [0.05, 0.1) is 19.2 Å². The molecule has 0 bridgehead atoms. The van der Waals surface area contributed by atoms with E-state index in [0.717, 1.165) is 22.2 Å². The lowest BCUT2D eigenvalue weighted by molar-refractivity contribution is -0.127. The van der Waals surface area contributed by atoms with Crippen LogP contribution in [0.25, 0.3) is 10.9 Å².